The van der Waals surface area contributed by atoms with Crippen LogP contribution in [0.25, 0.3) is 0 Å². The lowest BCUT2D eigenvalue weighted by Crippen LogP contribution is -2.61. The summed E-state index contributed by atoms with van der Waals surface area (Å²) in [5.41, 5.74) is 10.9. The van der Waals surface area contributed by atoms with Gasteiger partial charge in [-0.15, -0.1) is 0 Å². The predicted molar refractivity (Wildman–Crippen MR) is 372 cm³/mol. The summed E-state index contributed by atoms with van der Waals surface area (Å²) in [6.07, 6.45) is -9.57. The molecule has 3 rings (SSSR count). The van der Waals surface area contributed by atoms with Crippen molar-refractivity contribution >= 4 is 117 Å². The number of phenols is 1. The molecule has 0 aromatic heterocycles. The molecule has 0 bridgehead atoms. The van der Waals surface area contributed by atoms with Gasteiger partial charge in [-0.2, -0.15) is 8.42 Å². The molecule has 42 nitrogen and oxygen atoms in total. The molecule has 1 aliphatic rings. The summed E-state index contributed by atoms with van der Waals surface area (Å²) in [4.78, 5) is 240. The number of likely N-dealkylation sites (tertiary alicyclic amines) is 1. The summed E-state index contributed by atoms with van der Waals surface area (Å²) >= 11 is 0. The highest BCUT2D eigenvalue weighted by Gasteiger charge is 2.43. The van der Waals surface area contributed by atoms with E-state index in [-0.39, 0.29) is 49.1 Å². The molecule has 1 aliphatic heterocycles. The van der Waals surface area contributed by atoms with Crippen molar-refractivity contribution in [2.24, 2.45) is 23.3 Å². The van der Waals surface area contributed by atoms with Crippen LogP contribution in [0.5, 0.6) is 11.5 Å². The number of hydrogen-bond acceptors (Lipinski definition) is 23. The molecule has 43 heteroatoms. The molecule has 0 saturated carbocycles. The number of hydrogen-bond donors (Lipinski definition) is 20. The van der Waals surface area contributed by atoms with Gasteiger partial charge in [0.25, 0.3) is 0 Å². The predicted octanol–water partition coefficient (Wildman–Crippen LogP) is -4.47. The van der Waals surface area contributed by atoms with Crippen LogP contribution in [-0.4, -0.2) is 240 Å². The first-order chi connectivity index (χ1) is 51.0. The minimum absolute atomic E-state index is 0.0718. The lowest BCUT2D eigenvalue weighted by atomic mass is 9.96. The molecule has 0 spiro atoms. The highest BCUT2D eigenvalue weighted by Crippen LogP contribution is 2.24. The van der Waals surface area contributed by atoms with Crippen LogP contribution in [0.1, 0.15) is 135 Å². The number of amides is 12. The molecule has 0 radical (unpaired) electrons. The zero-order valence-electron chi connectivity index (χ0n) is 59.7. The topological polar surface area (TPSA) is 688 Å². The Hall–Kier alpha value is -11.6. The monoisotopic (exact) mass is 1560 g/mol. The normalized spacial score (nSPS) is 15.6. The minimum atomic E-state index is -5.04. The maximum Gasteiger partial charge on any atom is 0.446 e. The fourth-order valence-corrected chi connectivity index (χ4v) is 11.3. The van der Waals surface area contributed by atoms with Crippen LogP contribution in [-0.2, 0) is 110 Å². The van der Waals surface area contributed by atoms with Crippen molar-refractivity contribution in [2.75, 3.05) is 13.1 Å². The number of nitrogens with one attached hydrogen (secondary N) is 10. The Labute approximate surface area is 623 Å². The number of primary amides is 1. The number of carboxylic acid groups (broad SMARTS) is 6. The molecule has 0 aliphatic carbocycles. The van der Waals surface area contributed by atoms with Crippen LogP contribution < -0.4 is 68.8 Å². The molecule has 1 heterocycles. The molecule has 2 aromatic rings. The van der Waals surface area contributed by atoms with Crippen LogP contribution in [0.2, 0.25) is 0 Å². The second-order valence-electron chi connectivity index (χ2n) is 25.9. The van der Waals surface area contributed by atoms with E-state index in [0.717, 1.165) is 17.0 Å². The summed E-state index contributed by atoms with van der Waals surface area (Å²) in [5.74, 6) is -25.0. The third-order valence-electron chi connectivity index (χ3n) is 16.8. The largest absolute Gasteiger partial charge is 0.508 e. The zero-order chi connectivity index (χ0) is 82.2. The Morgan fingerprint density at radius 1 is 0.495 bits per heavy atom. The maximum atomic E-state index is 14.9. The number of carbonyl (C=O) groups is 18. The second kappa shape index (κ2) is 44.5. The van der Waals surface area contributed by atoms with E-state index >= 15 is 0 Å². The molecule has 12 amide bonds. The number of carbonyl (C=O) groups excluding carboxylic acids is 12. The molecule has 1 fully saturated rings. The SMILES string of the molecule is CC[C@H](C)[C@H](NC(=O)[C@H](CCC(=O)O)NC(=O)[C@H](CCC(=O)O)NC(=O)[C@H](Cc1ccc(O)cc1)NC(=O)[C@H](CC(=O)O)NC(=O)CN)C(=O)N1CCC[C@@H]1C(=O)N[C@@H](CCC(=O)O)C(=O)N[C@@H](CCC(=O)O)C(=O)N[C@@H](Cc1ccc(OS(=O)(=O)O)cc1)C(=O)N[C@@H](CC(C)C)C(=O)N[C@@H](CCC(N)=O)C(=O)O. The quantitative estimate of drug-likeness (QED) is 0.0278. The van der Waals surface area contributed by atoms with Gasteiger partial charge >= 0.3 is 46.2 Å². The van der Waals surface area contributed by atoms with E-state index in [1.165, 1.54) is 43.3 Å². The minimum Gasteiger partial charge on any atom is -0.508 e. The van der Waals surface area contributed by atoms with Crippen molar-refractivity contribution in [3.8, 4) is 11.5 Å². The van der Waals surface area contributed by atoms with Gasteiger partial charge in [-0.25, -0.2) is 4.79 Å². The highest BCUT2D eigenvalue weighted by molar-refractivity contribution is 7.81. The second-order valence-corrected chi connectivity index (χ2v) is 26.9. The first kappa shape index (κ1) is 91.6. The molecular weight excluding hydrogens is 1470 g/mol. The molecule has 2 aromatic carbocycles. The van der Waals surface area contributed by atoms with Crippen molar-refractivity contribution < 1.29 is 139 Å². The number of nitrogens with zero attached hydrogens (tertiary/aromatic N) is 1. The van der Waals surface area contributed by atoms with Gasteiger partial charge in [-0.3, -0.25) is 86.1 Å². The molecular formula is C66H93N13O29S. The van der Waals surface area contributed by atoms with E-state index < -0.39 is 291 Å². The van der Waals surface area contributed by atoms with Crippen molar-refractivity contribution in [3.05, 3.63) is 59.7 Å². The van der Waals surface area contributed by atoms with Crippen LogP contribution in [0.4, 0.5) is 0 Å². The number of benzene rings is 2. The van der Waals surface area contributed by atoms with E-state index in [4.69, 9.17) is 11.5 Å². The summed E-state index contributed by atoms with van der Waals surface area (Å²) in [5, 5.41) is 91.3. The average molecular weight is 1560 g/mol. The molecule has 109 heavy (non-hydrogen) atoms. The Bertz CT molecular complexity index is 3750. The number of phenolic OH excluding ortho intramolecular Hbond substituents is 1. The standard InChI is InChI=1S/C66H93N13O29S/c1-5-33(4)55(78-59(96)41(20-25-53(89)90)71-56(93)38(17-22-50(83)84)72-61(98)44(28-34-8-12-36(80)13-9-34)77-63(100)46(30-54(91)92)69-49(82)31-67)65(102)79-26-6-7-47(79)64(101)73-40(19-24-52(87)88)57(94)70-39(18-23-51(85)86)58(95)76-45(29-35-10-14-37(15-11-35)108-109(105,106)107)62(99)75-43(27-32(2)3)60(97)74-42(66(103)104)16-21-48(68)81/h8-15,32-33,38-47,55,80H,5-7,16-31,67H2,1-4H3,(H2,68,81)(H,69,82)(H,70,94)(H,71,93)(H,72,98)(H,73,101)(H,74,97)(H,75,99)(H,76,95)(H,77,100)(H,78,96)(H,83,84)(H,85,86)(H,87,88)(H,89,90)(H,91,92)(H,103,104)(H,105,106,107)/t33-,38-,39-,40-,41-,42-,43-,44-,45-,46-,47+,55-/m0/s1. The fourth-order valence-electron chi connectivity index (χ4n) is 10.9. The summed E-state index contributed by atoms with van der Waals surface area (Å²) in [6.45, 7) is 5.41. The van der Waals surface area contributed by atoms with Gasteiger partial charge in [-0.05, 0) is 98.6 Å². The third kappa shape index (κ3) is 33.4. The van der Waals surface area contributed by atoms with Gasteiger partial charge < -0.3 is 109 Å². The molecule has 12 atom stereocenters. The van der Waals surface area contributed by atoms with E-state index in [0.29, 0.717) is 0 Å². The van der Waals surface area contributed by atoms with Gasteiger partial charge in [0.1, 0.15) is 78.0 Å². The fraction of sp³-hybridized carbons (Fsp3) is 0.545. The van der Waals surface area contributed by atoms with E-state index in [1.54, 1.807) is 20.8 Å². The Kier molecular flexibility index (Phi) is 37.4. The summed E-state index contributed by atoms with van der Waals surface area (Å²) in [6, 6.07) is -10.2. The van der Waals surface area contributed by atoms with Crippen LogP contribution in [0, 0.1) is 11.8 Å². The average Bonchev–Trinajstić information content (AvgIpc) is 1.72. The molecule has 602 valence electrons. The lowest BCUT2D eigenvalue weighted by Gasteiger charge is -2.33. The number of aromatic hydroxyl groups is 1. The first-order valence-corrected chi connectivity index (χ1v) is 35.5. The highest BCUT2D eigenvalue weighted by atomic mass is 32.3. The van der Waals surface area contributed by atoms with E-state index in [1.807, 2.05) is 0 Å². The molecule has 0 unspecified atom stereocenters. The van der Waals surface area contributed by atoms with Crippen LogP contribution in [0.3, 0.4) is 0 Å². The van der Waals surface area contributed by atoms with Crippen molar-refractivity contribution in [1.29, 1.82) is 0 Å². The number of aliphatic carboxylic acids is 6. The van der Waals surface area contributed by atoms with Crippen LogP contribution >= 0.6 is 0 Å². The van der Waals surface area contributed by atoms with Gasteiger partial charge in [0.05, 0.1) is 13.0 Å². The lowest BCUT2D eigenvalue weighted by molar-refractivity contribution is -0.144. The number of nitrogens with two attached hydrogens (primary N) is 2. The zero-order valence-corrected chi connectivity index (χ0v) is 60.5. The number of carboxylic acids is 6. The molecule has 22 N–H and O–H groups in total. The van der Waals surface area contributed by atoms with Gasteiger partial charge in [0, 0.05) is 51.5 Å². The van der Waals surface area contributed by atoms with E-state index in [2.05, 4.69) is 57.4 Å². The number of rotatable bonds is 49. The Morgan fingerprint density at radius 2 is 0.872 bits per heavy atom. The Balaban J connectivity index is 2.03. The Morgan fingerprint density at radius 3 is 1.27 bits per heavy atom. The van der Waals surface area contributed by atoms with Crippen LogP contribution in [0.15, 0.2) is 48.5 Å². The maximum absolute atomic E-state index is 14.9. The summed E-state index contributed by atoms with van der Waals surface area (Å²) < 4.78 is 36.5. The van der Waals surface area contributed by atoms with Crippen molar-refractivity contribution in [1.82, 2.24) is 58.1 Å². The van der Waals surface area contributed by atoms with Crippen molar-refractivity contribution in [3.63, 3.8) is 0 Å². The van der Waals surface area contributed by atoms with E-state index in [9.17, 15) is 135 Å². The molecule has 1 saturated heterocycles. The first-order valence-electron chi connectivity index (χ1n) is 34.2. The summed E-state index contributed by atoms with van der Waals surface area (Å²) in [7, 11) is -5.04. The van der Waals surface area contributed by atoms with Crippen molar-refractivity contribution in [2.45, 2.75) is 203 Å². The van der Waals surface area contributed by atoms with Gasteiger partial charge in [0.15, 0.2) is 0 Å². The smallest absolute Gasteiger partial charge is 0.446 e. The third-order valence-corrected chi connectivity index (χ3v) is 17.2. The van der Waals surface area contributed by atoms with Gasteiger partial charge in [-0.1, -0.05) is 58.4 Å². The van der Waals surface area contributed by atoms with Gasteiger partial charge in [0.2, 0.25) is 70.9 Å².